The van der Waals surface area contributed by atoms with Gasteiger partial charge in [0, 0.05) is 17.2 Å². The molecule has 1 saturated heterocycles. The molecule has 1 aromatic rings. The summed E-state index contributed by atoms with van der Waals surface area (Å²) >= 11 is 1.87. The van der Waals surface area contributed by atoms with Gasteiger partial charge in [-0.2, -0.15) is 4.31 Å². The molecule has 1 aromatic carbocycles. The van der Waals surface area contributed by atoms with Crippen molar-refractivity contribution in [3.05, 3.63) is 27.3 Å². The van der Waals surface area contributed by atoms with E-state index in [1.54, 1.807) is 0 Å². The van der Waals surface area contributed by atoms with E-state index in [-0.39, 0.29) is 22.6 Å². The minimum absolute atomic E-state index is 0.0121. The van der Waals surface area contributed by atoms with Crippen molar-refractivity contribution in [2.24, 2.45) is 0 Å². The van der Waals surface area contributed by atoms with Gasteiger partial charge in [-0.05, 0) is 54.1 Å². The zero-order valence-corrected chi connectivity index (χ0v) is 14.6. The molecule has 0 saturated carbocycles. The van der Waals surface area contributed by atoms with Gasteiger partial charge >= 0.3 is 5.97 Å². The van der Waals surface area contributed by atoms with E-state index in [1.165, 1.54) is 29.6 Å². The van der Waals surface area contributed by atoms with Crippen LogP contribution in [-0.2, 0) is 14.8 Å². The van der Waals surface area contributed by atoms with Gasteiger partial charge in [-0.3, -0.25) is 0 Å². The van der Waals surface area contributed by atoms with Gasteiger partial charge in [0.15, 0.2) is 0 Å². The smallest absolute Gasteiger partial charge is 0.336 e. The van der Waals surface area contributed by atoms with Gasteiger partial charge in [0.1, 0.15) is 0 Å². The molecule has 1 aliphatic rings. The molecular formula is C13H16INO5S. The van der Waals surface area contributed by atoms with Crippen molar-refractivity contribution in [2.75, 3.05) is 13.7 Å². The standard InChI is InChI=1S/C13H16INO5S/c1-8-12(5-6-20-8)15(2)21(18,19)9-3-4-11(14)10(7-9)13(16)17/h3-4,7-8,12H,5-6H2,1-2H3,(H,16,17). The van der Waals surface area contributed by atoms with Gasteiger partial charge in [0.2, 0.25) is 10.0 Å². The molecule has 2 rings (SSSR count). The minimum atomic E-state index is -3.74. The summed E-state index contributed by atoms with van der Waals surface area (Å²) in [4.78, 5) is 11.1. The average Bonchev–Trinajstić information content (AvgIpc) is 2.83. The topological polar surface area (TPSA) is 83.9 Å². The number of carbonyl (C=O) groups is 1. The molecule has 0 spiro atoms. The molecule has 2 atom stereocenters. The number of likely N-dealkylation sites (N-methyl/N-ethyl adjacent to an activating group) is 1. The summed E-state index contributed by atoms with van der Waals surface area (Å²) in [5, 5.41) is 9.11. The van der Waals surface area contributed by atoms with Gasteiger partial charge < -0.3 is 9.84 Å². The Morgan fingerprint density at radius 3 is 2.67 bits per heavy atom. The lowest BCUT2D eigenvalue weighted by Crippen LogP contribution is -2.41. The van der Waals surface area contributed by atoms with Crippen molar-refractivity contribution in [3.8, 4) is 0 Å². The van der Waals surface area contributed by atoms with Crippen LogP contribution in [0.3, 0.4) is 0 Å². The van der Waals surface area contributed by atoms with Gasteiger partial charge in [-0.1, -0.05) is 0 Å². The van der Waals surface area contributed by atoms with E-state index >= 15 is 0 Å². The van der Waals surface area contributed by atoms with Crippen molar-refractivity contribution in [3.63, 3.8) is 0 Å². The Labute approximate surface area is 137 Å². The van der Waals surface area contributed by atoms with Crippen LogP contribution in [0.4, 0.5) is 0 Å². The van der Waals surface area contributed by atoms with E-state index in [4.69, 9.17) is 9.84 Å². The fraction of sp³-hybridized carbons (Fsp3) is 0.462. The number of hydrogen-bond donors (Lipinski definition) is 1. The van der Waals surface area contributed by atoms with Crippen molar-refractivity contribution >= 4 is 38.6 Å². The largest absolute Gasteiger partial charge is 0.478 e. The maximum absolute atomic E-state index is 12.6. The number of hydrogen-bond acceptors (Lipinski definition) is 4. The molecule has 21 heavy (non-hydrogen) atoms. The average molecular weight is 425 g/mol. The fourth-order valence-electron chi connectivity index (χ4n) is 2.37. The third-order valence-corrected chi connectivity index (χ3v) is 6.47. The van der Waals surface area contributed by atoms with E-state index in [1.807, 2.05) is 29.5 Å². The molecule has 2 unspecified atom stereocenters. The van der Waals surface area contributed by atoms with Crippen molar-refractivity contribution < 1.29 is 23.1 Å². The number of rotatable bonds is 4. The Morgan fingerprint density at radius 2 is 2.14 bits per heavy atom. The number of ether oxygens (including phenoxy) is 1. The van der Waals surface area contributed by atoms with Crippen molar-refractivity contribution in [1.29, 1.82) is 0 Å². The van der Waals surface area contributed by atoms with Crippen LogP contribution in [0, 0.1) is 3.57 Å². The van der Waals surface area contributed by atoms with E-state index in [0.29, 0.717) is 16.6 Å². The number of carboxylic acids is 1. The number of aromatic carboxylic acids is 1. The van der Waals surface area contributed by atoms with Gasteiger partial charge in [-0.25, -0.2) is 13.2 Å². The first-order chi connectivity index (χ1) is 9.75. The van der Waals surface area contributed by atoms with Crippen LogP contribution in [0.1, 0.15) is 23.7 Å². The SMILES string of the molecule is CC1OCCC1N(C)S(=O)(=O)c1ccc(I)c(C(=O)O)c1. The van der Waals surface area contributed by atoms with Crippen molar-refractivity contribution in [1.82, 2.24) is 4.31 Å². The molecule has 0 bridgehead atoms. The monoisotopic (exact) mass is 425 g/mol. The van der Waals surface area contributed by atoms with Crippen molar-refractivity contribution in [2.45, 2.75) is 30.4 Å². The van der Waals surface area contributed by atoms with Crippen LogP contribution in [0.5, 0.6) is 0 Å². The number of benzene rings is 1. The van der Waals surface area contributed by atoms with Gasteiger partial charge in [0.05, 0.1) is 22.6 Å². The normalized spacial score (nSPS) is 22.7. The molecule has 6 nitrogen and oxygen atoms in total. The molecule has 0 radical (unpaired) electrons. The Hall–Kier alpha value is -0.710. The zero-order valence-electron chi connectivity index (χ0n) is 11.6. The lowest BCUT2D eigenvalue weighted by Gasteiger charge is -2.26. The second-order valence-corrected chi connectivity index (χ2v) is 8.06. The third kappa shape index (κ3) is 3.22. The molecular weight excluding hydrogens is 409 g/mol. The third-order valence-electron chi connectivity index (χ3n) is 3.65. The number of carboxylic acid groups (broad SMARTS) is 1. The number of nitrogens with zero attached hydrogens (tertiary/aromatic N) is 1. The molecule has 1 N–H and O–H groups in total. The Balaban J connectivity index is 2.39. The van der Waals surface area contributed by atoms with E-state index in [0.717, 1.165) is 0 Å². The molecule has 8 heteroatoms. The summed E-state index contributed by atoms with van der Waals surface area (Å²) in [6, 6.07) is 3.90. The predicted octanol–water partition coefficient (Wildman–Crippen LogP) is 1.79. The number of halogens is 1. The second-order valence-electron chi connectivity index (χ2n) is 4.90. The van der Waals surface area contributed by atoms with Crippen LogP contribution in [-0.4, -0.2) is 49.6 Å². The van der Waals surface area contributed by atoms with E-state index in [9.17, 15) is 13.2 Å². The van der Waals surface area contributed by atoms with Crippen LogP contribution in [0.15, 0.2) is 23.1 Å². The highest BCUT2D eigenvalue weighted by Crippen LogP contribution is 2.26. The molecule has 116 valence electrons. The van der Waals surface area contributed by atoms with Crippen LogP contribution >= 0.6 is 22.6 Å². The fourth-order valence-corrected chi connectivity index (χ4v) is 4.41. The highest BCUT2D eigenvalue weighted by molar-refractivity contribution is 14.1. The Kier molecular flexibility index (Phi) is 4.91. The van der Waals surface area contributed by atoms with Crippen LogP contribution in [0.25, 0.3) is 0 Å². The lowest BCUT2D eigenvalue weighted by atomic mass is 10.2. The highest BCUT2D eigenvalue weighted by atomic mass is 127. The summed E-state index contributed by atoms with van der Waals surface area (Å²) in [6.07, 6.45) is 0.458. The minimum Gasteiger partial charge on any atom is -0.478 e. The molecule has 1 fully saturated rings. The molecule has 0 aromatic heterocycles. The first-order valence-electron chi connectivity index (χ1n) is 6.37. The quantitative estimate of drug-likeness (QED) is 0.744. The lowest BCUT2D eigenvalue weighted by molar-refractivity contribution is 0.0695. The summed E-state index contributed by atoms with van der Waals surface area (Å²) in [7, 11) is -2.24. The van der Waals surface area contributed by atoms with Crippen LogP contribution < -0.4 is 0 Å². The molecule has 1 heterocycles. The predicted molar refractivity (Wildman–Crippen MR) is 84.9 cm³/mol. The summed E-state index contributed by atoms with van der Waals surface area (Å²) in [6.45, 7) is 2.36. The Bertz CT molecular complexity index is 661. The van der Waals surface area contributed by atoms with E-state index in [2.05, 4.69) is 0 Å². The summed E-state index contributed by atoms with van der Waals surface area (Å²) in [5.41, 5.74) is -0.0132. The summed E-state index contributed by atoms with van der Waals surface area (Å²) in [5.74, 6) is -1.14. The zero-order chi connectivity index (χ0) is 15.8. The molecule has 1 aliphatic heterocycles. The summed E-state index contributed by atoms with van der Waals surface area (Å²) < 4.78 is 32.4. The van der Waals surface area contributed by atoms with Gasteiger partial charge in [-0.15, -0.1) is 0 Å². The highest BCUT2D eigenvalue weighted by Gasteiger charge is 2.35. The first kappa shape index (κ1) is 16.7. The van der Waals surface area contributed by atoms with Crippen LogP contribution in [0.2, 0.25) is 0 Å². The maximum atomic E-state index is 12.6. The molecule has 0 amide bonds. The maximum Gasteiger partial charge on any atom is 0.336 e. The Morgan fingerprint density at radius 1 is 1.48 bits per heavy atom. The van der Waals surface area contributed by atoms with Gasteiger partial charge in [0.25, 0.3) is 0 Å². The first-order valence-corrected chi connectivity index (χ1v) is 8.89. The number of sulfonamides is 1. The molecule has 0 aliphatic carbocycles. The van der Waals surface area contributed by atoms with E-state index < -0.39 is 16.0 Å². The second kappa shape index (κ2) is 6.19.